The second-order valence-electron chi connectivity index (χ2n) is 11.6. The summed E-state index contributed by atoms with van der Waals surface area (Å²) in [6.45, 7) is 5.22. The molecule has 2 unspecified atom stereocenters. The van der Waals surface area contributed by atoms with Crippen LogP contribution >= 0.6 is 0 Å². The number of carbonyl (C=O) groups excluding carboxylic acids is 3. The first kappa shape index (κ1) is 26.6. The average molecular weight is 544 g/mol. The molecular weight excluding hydrogens is 506 g/mol. The number of aromatic nitrogens is 1. The van der Waals surface area contributed by atoms with Crippen molar-refractivity contribution >= 4 is 35.1 Å². The van der Waals surface area contributed by atoms with Crippen molar-refractivity contribution in [1.82, 2.24) is 9.88 Å². The van der Waals surface area contributed by atoms with Crippen LogP contribution in [0.1, 0.15) is 69.1 Å². The molecule has 2 atom stereocenters. The highest BCUT2D eigenvalue weighted by molar-refractivity contribution is 6.12. The molecular formula is C31H37N5O4. The van der Waals surface area contributed by atoms with E-state index >= 15 is 0 Å². The van der Waals surface area contributed by atoms with E-state index in [0.717, 1.165) is 48.2 Å². The lowest BCUT2D eigenvalue weighted by Gasteiger charge is -2.29. The molecule has 2 N–H and O–H groups in total. The molecule has 3 aliphatic heterocycles. The lowest BCUT2D eigenvalue weighted by Crippen LogP contribution is -2.49. The van der Waals surface area contributed by atoms with Gasteiger partial charge in [0, 0.05) is 49.4 Å². The molecule has 0 bridgehead atoms. The molecule has 1 aromatic carbocycles. The highest BCUT2D eigenvalue weighted by Gasteiger charge is 2.52. The van der Waals surface area contributed by atoms with Crippen molar-refractivity contribution in [2.24, 2.45) is 10.9 Å². The van der Waals surface area contributed by atoms with Gasteiger partial charge in [0.2, 0.25) is 11.8 Å². The summed E-state index contributed by atoms with van der Waals surface area (Å²) >= 11 is 0. The number of nitrogens with one attached hydrogen (secondary N) is 2. The van der Waals surface area contributed by atoms with Crippen LogP contribution in [0.2, 0.25) is 0 Å². The maximum atomic E-state index is 13.7. The lowest BCUT2D eigenvalue weighted by molar-refractivity contribution is -0.136. The van der Waals surface area contributed by atoms with E-state index in [1.165, 1.54) is 0 Å². The Morgan fingerprint density at radius 2 is 1.95 bits per heavy atom. The number of nitrogens with zero attached hydrogens (tertiary/aromatic N) is 3. The molecule has 40 heavy (non-hydrogen) atoms. The molecule has 0 radical (unpaired) electrons. The third kappa shape index (κ3) is 4.40. The summed E-state index contributed by atoms with van der Waals surface area (Å²) in [5.41, 5.74) is 2.26. The Hall–Kier alpha value is -3.59. The number of pyridine rings is 1. The molecule has 9 heteroatoms. The van der Waals surface area contributed by atoms with Crippen molar-refractivity contribution in [3.05, 3.63) is 53.2 Å². The maximum absolute atomic E-state index is 13.7. The highest BCUT2D eigenvalue weighted by atomic mass is 16.5. The van der Waals surface area contributed by atoms with Crippen molar-refractivity contribution in [3.8, 4) is 0 Å². The normalized spacial score (nSPS) is 23.2. The van der Waals surface area contributed by atoms with Crippen LogP contribution in [-0.4, -0.2) is 58.7 Å². The van der Waals surface area contributed by atoms with Crippen molar-refractivity contribution in [2.75, 3.05) is 30.4 Å². The van der Waals surface area contributed by atoms with Gasteiger partial charge in [0.1, 0.15) is 23.7 Å². The Morgan fingerprint density at radius 3 is 2.73 bits per heavy atom. The van der Waals surface area contributed by atoms with E-state index in [0.29, 0.717) is 50.4 Å². The average Bonchev–Trinajstić information content (AvgIpc) is 3.56. The fourth-order valence-corrected chi connectivity index (χ4v) is 6.84. The van der Waals surface area contributed by atoms with Crippen LogP contribution in [0, 0.1) is 5.92 Å². The van der Waals surface area contributed by atoms with Gasteiger partial charge in [-0.3, -0.25) is 24.3 Å². The molecule has 1 aliphatic carbocycles. The predicted molar refractivity (Wildman–Crippen MR) is 152 cm³/mol. The van der Waals surface area contributed by atoms with Crippen molar-refractivity contribution < 1.29 is 19.1 Å². The second-order valence-corrected chi connectivity index (χ2v) is 11.6. The number of amides is 3. The van der Waals surface area contributed by atoms with Gasteiger partial charge in [-0.15, -0.1) is 0 Å². The standard InChI is InChI=1S/C31H37N5O4/c1-3-5-7-20(4-2)27-35-31(11-14-40-15-12-31)29(39)36(27)19-25(37)33-23-10-9-21-17-30(18-22(21)16-23)24-8-6-13-32-26(24)34-28(30)38/h6,8-10,13,16,20H,3-5,7,11-12,14-15,17-19H2,1-2H3,(H,33,37)(H,32,34,38). The molecule has 3 amide bonds. The van der Waals surface area contributed by atoms with Gasteiger partial charge in [-0.2, -0.15) is 0 Å². The molecule has 6 rings (SSSR count). The van der Waals surface area contributed by atoms with Gasteiger partial charge in [0.25, 0.3) is 5.91 Å². The monoisotopic (exact) mass is 543 g/mol. The number of hydrogen-bond donors (Lipinski definition) is 2. The van der Waals surface area contributed by atoms with Crippen LogP contribution in [0.25, 0.3) is 0 Å². The largest absolute Gasteiger partial charge is 0.381 e. The molecule has 2 spiro atoms. The summed E-state index contributed by atoms with van der Waals surface area (Å²) < 4.78 is 5.54. The molecule has 2 aromatic rings. The first-order valence-electron chi connectivity index (χ1n) is 14.6. The third-order valence-corrected chi connectivity index (χ3v) is 9.10. The quantitative estimate of drug-likeness (QED) is 0.522. The fourth-order valence-electron chi connectivity index (χ4n) is 6.84. The Balaban J connectivity index is 1.19. The van der Waals surface area contributed by atoms with E-state index in [1.807, 2.05) is 30.3 Å². The van der Waals surface area contributed by atoms with Crippen molar-refractivity contribution in [2.45, 2.75) is 76.2 Å². The summed E-state index contributed by atoms with van der Waals surface area (Å²) in [5, 5.41) is 5.95. The predicted octanol–water partition coefficient (Wildman–Crippen LogP) is 4.02. The number of aliphatic imine (C=N–C) groups is 1. The molecule has 1 fully saturated rings. The smallest absolute Gasteiger partial charge is 0.256 e. The molecule has 9 nitrogen and oxygen atoms in total. The number of carbonyl (C=O) groups is 3. The van der Waals surface area contributed by atoms with E-state index in [2.05, 4.69) is 29.5 Å². The topological polar surface area (TPSA) is 113 Å². The first-order valence-corrected chi connectivity index (χ1v) is 14.6. The molecule has 1 saturated heterocycles. The summed E-state index contributed by atoms with van der Waals surface area (Å²) in [7, 11) is 0. The molecule has 4 heterocycles. The van der Waals surface area contributed by atoms with E-state index in [1.54, 1.807) is 11.1 Å². The van der Waals surface area contributed by atoms with Crippen molar-refractivity contribution in [1.29, 1.82) is 0 Å². The fraction of sp³-hybridized carbons (Fsp3) is 0.516. The first-order chi connectivity index (χ1) is 19.4. The molecule has 210 valence electrons. The minimum atomic E-state index is -0.803. The van der Waals surface area contributed by atoms with Crippen LogP contribution in [0.4, 0.5) is 11.5 Å². The third-order valence-electron chi connectivity index (χ3n) is 9.10. The van der Waals surface area contributed by atoms with Gasteiger partial charge < -0.3 is 15.4 Å². The van der Waals surface area contributed by atoms with Crippen LogP contribution in [0.3, 0.4) is 0 Å². The lowest BCUT2D eigenvalue weighted by atomic mass is 9.79. The Kier molecular flexibility index (Phi) is 6.94. The van der Waals surface area contributed by atoms with Gasteiger partial charge in [-0.05, 0) is 55.0 Å². The van der Waals surface area contributed by atoms with E-state index in [4.69, 9.17) is 9.73 Å². The van der Waals surface area contributed by atoms with Gasteiger partial charge in [-0.1, -0.05) is 38.8 Å². The van der Waals surface area contributed by atoms with Crippen LogP contribution < -0.4 is 10.6 Å². The van der Waals surface area contributed by atoms with E-state index < -0.39 is 11.0 Å². The van der Waals surface area contributed by atoms with E-state index in [-0.39, 0.29) is 30.2 Å². The number of ether oxygens (including phenoxy) is 1. The molecule has 4 aliphatic rings. The van der Waals surface area contributed by atoms with Gasteiger partial charge in [0.05, 0.1) is 5.41 Å². The summed E-state index contributed by atoms with van der Waals surface area (Å²) in [6, 6.07) is 9.66. The zero-order valence-corrected chi connectivity index (χ0v) is 23.3. The van der Waals surface area contributed by atoms with Gasteiger partial charge in [0.15, 0.2) is 0 Å². The summed E-state index contributed by atoms with van der Waals surface area (Å²) in [4.78, 5) is 51.1. The number of rotatable bonds is 8. The van der Waals surface area contributed by atoms with Crippen LogP contribution in [0.5, 0.6) is 0 Å². The van der Waals surface area contributed by atoms with Gasteiger partial charge in [-0.25, -0.2) is 4.98 Å². The Labute approximate surface area is 234 Å². The zero-order chi connectivity index (χ0) is 27.9. The van der Waals surface area contributed by atoms with Crippen molar-refractivity contribution in [3.63, 3.8) is 0 Å². The molecule has 0 saturated carbocycles. The number of unbranched alkanes of at least 4 members (excludes halogenated alkanes) is 1. The number of amidine groups is 1. The van der Waals surface area contributed by atoms with Gasteiger partial charge >= 0.3 is 0 Å². The van der Waals surface area contributed by atoms with E-state index in [9.17, 15) is 14.4 Å². The minimum Gasteiger partial charge on any atom is -0.381 e. The zero-order valence-electron chi connectivity index (χ0n) is 23.3. The summed E-state index contributed by atoms with van der Waals surface area (Å²) in [6.07, 6.45) is 7.89. The second kappa shape index (κ2) is 10.4. The highest BCUT2D eigenvalue weighted by Crippen LogP contribution is 2.47. The molecule has 1 aromatic heterocycles. The Morgan fingerprint density at radius 1 is 1.15 bits per heavy atom. The Bertz CT molecular complexity index is 1380. The number of benzene rings is 1. The van der Waals surface area contributed by atoms with Crippen LogP contribution in [-0.2, 0) is 37.4 Å². The number of anilines is 2. The number of fused-ring (bicyclic) bond motifs is 3. The number of hydrogen-bond acceptors (Lipinski definition) is 6. The minimum absolute atomic E-state index is 0.0297. The summed E-state index contributed by atoms with van der Waals surface area (Å²) in [5.74, 6) is 1.17. The SMILES string of the molecule is CCCCC(CC)C1=NC2(CCOCC2)C(=O)N1CC(=O)Nc1ccc2c(c1)CC1(C2)C(=O)Nc2ncccc21. The van der Waals surface area contributed by atoms with Crippen LogP contribution in [0.15, 0.2) is 41.5 Å². The maximum Gasteiger partial charge on any atom is 0.256 e.